The summed E-state index contributed by atoms with van der Waals surface area (Å²) in [6.45, 7) is 11.0. The van der Waals surface area contributed by atoms with E-state index in [2.05, 4.69) is 36.8 Å². The van der Waals surface area contributed by atoms with Crippen LogP contribution in [0.1, 0.15) is 49.4 Å². The van der Waals surface area contributed by atoms with Gasteiger partial charge in [0.25, 0.3) is 0 Å². The molecule has 36 heavy (non-hydrogen) atoms. The predicted molar refractivity (Wildman–Crippen MR) is 150 cm³/mol. The first-order valence-electron chi connectivity index (χ1n) is 12.0. The molecule has 7 nitrogen and oxygen atoms in total. The molecule has 0 spiro atoms. The molecule has 0 fully saturated rings. The standard InChI is InChI=1S/C27H39N3O4S2/c1-19-7-8-21(15-20(19)2)9-10-23(18-34-25(31)27(3,4)5)17-30(26(28)35)16-22-11-13-24(14-12-22)29-36(6,32)33/h7-8,11-15,23,29H,9-10,16-18H2,1-6H3,(H2,28,35). The Labute approximate surface area is 221 Å². The molecular formula is C27H39N3O4S2. The Bertz CT molecular complexity index is 1160. The zero-order chi connectivity index (χ0) is 27.1. The minimum atomic E-state index is -3.34. The maximum Gasteiger partial charge on any atom is 0.311 e. The summed E-state index contributed by atoms with van der Waals surface area (Å²) in [5.41, 5.74) is 10.7. The van der Waals surface area contributed by atoms with Crippen molar-refractivity contribution in [1.29, 1.82) is 0 Å². The van der Waals surface area contributed by atoms with Gasteiger partial charge in [-0.1, -0.05) is 30.3 Å². The molecule has 1 atom stereocenters. The Kier molecular flexibility index (Phi) is 10.3. The topological polar surface area (TPSA) is 102 Å². The van der Waals surface area contributed by atoms with Gasteiger partial charge in [0.1, 0.15) is 0 Å². The lowest BCUT2D eigenvalue weighted by atomic mass is 9.96. The van der Waals surface area contributed by atoms with Gasteiger partial charge in [0, 0.05) is 24.7 Å². The fourth-order valence-electron chi connectivity index (χ4n) is 3.62. The van der Waals surface area contributed by atoms with Crippen molar-refractivity contribution in [2.75, 3.05) is 24.1 Å². The molecular weight excluding hydrogens is 494 g/mol. The summed E-state index contributed by atoms with van der Waals surface area (Å²) in [4.78, 5) is 14.3. The normalized spacial score (nSPS) is 12.6. The van der Waals surface area contributed by atoms with E-state index >= 15 is 0 Å². The number of carbonyl (C=O) groups is 1. The average Bonchev–Trinajstić information content (AvgIpc) is 2.76. The third-order valence-electron chi connectivity index (χ3n) is 5.90. The van der Waals surface area contributed by atoms with E-state index in [1.54, 1.807) is 12.1 Å². The maximum atomic E-state index is 12.4. The number of aryl methyl sites for hydroxylation is 3. The molecule has 2 rings (SSSR count). The fourth-order valence-corrected chi connectivity index (χ4v) is 4.33. The molecule has 0 bridgehead atoms. The number of hydrogen-bond donors (Lipinski definition) is 2. The van der Waals surface area contributed by atoms with Crippen LogP contribution in [0.15, 0.2) is 42.5 Å². The fraction of sp³-hybridized carbons (Fsp3) is 0.481. The number of thiocarbonyl (C=S) groups is 1. The monoisotopic (exact) mass is 533 g/mol. The van der Waals surface area contributed by atoms with Gasteiger partial charge in [-0.05, 0) is 94.1 Å². The van der Waals surface area contributed by atoms with E-state index in [-0.39, 0.29) is 23.6 Å². The number of benzene rings is 2. The van der Waals surface area contributed by atoms with Gasteiger partial charge in [0.2, 0.25) is 10.0 Å². The highest BCUT2D eigenvalue weighted by molar-refractivity contribution is 7.92. The van der Waals surface area contributed by atoms with Crippen LogP contribution in [0.4, 0.5) is 5.69 Å². The van der Waals surface area contributed by atoms with E-state index in [9.17, 15) is 13.2 Å². The van der Waals surface area contributed by atoms with Gasteiger partial charge in [-0.15, -0.1) is 0 Å². The first-order chi connectivity index (χ1) is 16.6. The third kappa shape index (κ3) is 10.1. The summed E-state index contributed by atoms with van der Waals surface area (Å²) in [7, 11) is -3.34. The molecule has 0 heterocycles. The number of ether oxygens (including phenoxy) is 1. The van der Waals surface area contributed by atoms with Crippen LogP contribution >= 0.6 is 12.2 Å². The van der Waals surface area contributed by atoms with Crippen LogP contribution in [-0.2, 0) is 32.5 Å². The van der Waals surface area contributed by atoms with E-state index in [4.69, 9.17) is 22.7 Å². The van der Waals surface area contributed by atoms with Crippen LogP contribution in [0, 0.1) is 25.2 Å². The predicted octanol–water partition coefficient (Wildman–Crippen LogP) is 4.56. The Morgan fingerprint density at radius 3 is 2.22 bits per heavy atom. The number of esters is 1. The van der Waals surface area contributed by atoms with Gasteiger partial charge in [0.15, 0.2) is 5.11 Å². The molecule has 0 aliphatic rings. The number of sulfonamides is 1. The maximum absolute atomic E-state index is 12.4. The smallest absolute Gasteiger partial charge is 0.311 e. The van der Waals surface area contributed by atoms with E-state index in [0.717, 1.165) is 24.7 Å². The second-order valence-electron chi connectivity index (χ2n) is 10.5. The molecule has 3 N–H and O–H groups in total. The first-order valence-corrected chi connectivity index (χ1v) is 14.3. The molecule has 0 aliphatic carbocycles. The molecule has 0 radical (unpaired) electrons. The SMILES string of the molecule is Cc1ccc(CCC(COC(=O)C(C)(C)C)CN(Cc2ccc(NS(C)(=O)=O)cc2)C(N)=S)cc1C. The van der Waals surface area contributed by atoms with Crippen molar-refractivity contribution in [3.8, 4) is 0 Å². The van der Waals surface area contributed by atoms with Gasteiger partial charge in [0.05, 0.1) is 18.3 Å². The zero-order valence-electron chi connectivity index (χ0n) is 22.1. The van der Waals surface area contributed by atoms with Gasteiger partial charge < -0.3 is 15.4 Å². The highest BCUT2D eigenvalue weighted by atomic mass is 32.2. The number of nitrogens with zero attached hydrogens (tertiary/aromatic N) is 1. The van der Waals surface area contributed by atoms with E-state index in [1.165, 1.54) is 16.7 Å². The van der Waals surface area contributed by atoms with Crippen molar-refractivity contribution < 1.29 is 17.9 Å². The molecule has 0 aliphatic heterocycles. The van der Waals surface area contributed by atoms with Crippen molar-refractivity contribution in [3.05, 3.63) is 64.7 Å². The second kappa shape index (κ2) is 12.5. The first kappa shape index (κ1) is 29.6. The highest BCUT2D eigenvalue weighted by Gasteiger charge is 2.25. The summed E-state index contributed by atoms with van der Waals surface area (Å²) in [6.07, 6.45) is 2.76. The molecule has 2 aromatic carbocycles. The highest BCUT2D eigenvalue weighted by Crippen LogP contribution is 2.20. The van der Waals surface area contributed by atoms with E-state index in [1.807, 2.05) is 37.8 Å². The van der Waals surface area contributed by atoms with Crippen molar-refractivity contribution >= 4 is 39.0 Å². The molecule has 9 heteroatoms. The van der Waals surface area contributed by atoms with E-state index in [0.29, 0.717) is 18.8 Å². The van der Waals surface area contributed by atoms with Crippen LogP contribution < -0.4 is 10.5 Å². The second-order valence-corrected chi connectivity index (χ2v) is 12.6. The number of carbonyl (C=O) groups excluding carboxylic acids is 1. The Morgan fingerprint density at radius 1 is 1.08 bits per heavy atom. The lowest BCUT2D eigenvalue weighted by molar-refractivity contribution is -0.154. The van der Waals surface area contributed by atoms with Gasteiger partial charge in [-0.3, -0.25) is 9.52 Å². The van der Waals surface area contributed by atoms with Crippen LogP contribution in [0.3, 0.4) is 0 Å². The zero-order valence-corrected chi connectivity index (χ0v) is 23.8. The Morgan fingerprint density at radius 2 is 1.69 bits per heavy atom. The summed E-state index contributed by atoms with van der Waals surface area (Å²) in [5.74, 6) is -0.222. The van der Waals surface area contributed by atoms with E-state index < -0.39 is 15.4 Å². The quantitative estimate of drug-likeness (QED) is 0.323. The largest absolute Gasteiger partial charge is 0.465 e. The third-order valence-corrected chi connectivity index (χ3v) is 6.76. The molecule has 0 saturated carbocycles. The lowest BCUT2D eigenvalue weighted by Crippen LogP contribution is -2.40. The van der Waals surface area contributed by atoms with Gasteiger partial charge in [-0.25, -0.2) is 8.42 Å². The van der Waals surface area contributed by atoms with Crippen molar-refractivity contribution in [1.82, 2.24) is 4.90 Å². The van der Waals surface area contributed by atoms with Gasteiger partial charge in [-0.2, -0.15) is 0 Å². The average molecular weight is 534 g/mol. The molecule has 0 aromatic heterocycles. The number of anilines is 1. The van der Waals surface area contributed by atoms with Crippen molar-refractivity contribution in [2.45, 2.75) is 54.0 Å². The van der Waals surface area contributed by atoms with Crippen LogP contribution in [0.5, 0.6) is 0 Å². The minimum Gasteiger partial charge on any atom is -0.465 e. The van der Waals surface area contributed by atoms with Crippen LogP contribution in [-0.4, -0.2) is 43.8 Å². The van der Waals surface area contributed by atoms with Crippen LogP contribution in [0.25, 0.3) is 0 Å². The number of hydrogen-bond acceptors (Lipinski definition) is 5. The molecule has 0 saturated heterocycles. The number of nitrogens with one attached hydrogen (secondary N) is 1. The van der Waals surface area contributed by atoms with Crippen molar-refractivity contribution in [2.24, 2.45) is 17.1 Å². The molecule has 2 aromatic rings. The summed E-state index contributed by atoms with van der Waals surface area (Å²) < 4.78 is 31.0. The summed E-state index contributed by atoms with van der Waals surface area (Å²) in [5, 5.41) is 0.256. The Hall–Kier alpha value is -2.65. The molecule has 0 amide bonds. The molecule has 198 valence electrons. The van der Waals surface area contributed by atoms with Gasteiger partial charge >= 0.3 is 5.97 Å². The summed E-state index contributed by atoms with van der Waals surface area (Å²) >= 11 is 5.34. The minimum absolute atomic E-state index is 0.0191. The number of nitrogens with two attached hydrogens (primary N) is 1. The Balaban J connectivity index is 2.14. The lowest BCUT2D eigenvalue weighted by Gasteiger charge is -2.29. The summed E-state index contributed by atoms with van der Waals surface area (Å²) in [6, 6.07) is 13.5. The number of rotatable bonds is 11. The van der Waals surface area contributed by atoms with Crippen LogP contribution in [0.2, 0.25) is 0 Å². The molecule has 1 unspecified atom stereocenters. The van der Waals surface area contributed by atoms with Crippen molar-refractivity contribution in [3.63, 3.8) is 0 Å².